The molecule has 1 heterocycles. The fourth-order valence-corrected chi connectivity index (χ4v) is 1.10. The first-order valence-corrected chi connectivity index (χ1v) is 4.00. The molecule has 13 heavy (non-hydrogen) atoms. The molecule has 0 spiro atoms. The molecule has 0 bridgehead atoms. The van der Waals surface area contributed by atoms with Gasteiger partial charge in [0, 0.05) is 15.9 Å². The van der Waals surface area contributed by atoms with Crippen molar-refractivity contribution < 1.29 is 4.52 Å². The zero-order valence-corrected chi connectivity index (χ0v) is 7.98. The van der Waals surface area contributed by atoms with Crippen LogP contribution in [0.4, 0.5) is 0 Å². The molecule has 0 aliphatic carbocycles. The molecule has 0 aliphatic rings. The molecule has 0 amide bonds. The van der Waals surface area contributed by atoms with E-state index in [1.165, 1.54) is 6.26 Å². The molecular weight excluding hydrogens is 168 g/mol. The lowest BCUT2D eigenvalue weighted by atomic mass is 9.90. The normalized spacial score (nSPS) is 11.0. The molecule has 0 unspecified atom stereocenters. The number of rotatable bonds is 2. The second-order valence-electron chi connectivity index (χ2n) is 3.83. The fourth-order valence-electron chi connectivity index (χ4n) is 1.10. The van der Waals surface area contributed by atoms with Crippen molar-refractivity contribution in [1.29, 1.82) is 0 Å². The van der Waals surface area contributed by atoms with Crippen LogP contribution in [0, 0.1) is 0 Å². The van der Waals surface area contributed by atoms with Gasteiger partial charge in [-0.3, -0.25) is 0 Å². The lowest BCUT2D eigenvalue weighted by Gasteiger charge is -2.15. The van der Waals surface area contributed by atoms with E-state index < -0.39 is 0 Å². The highest BCUT2D eigenvalue weighted by molar-refractivity contribution is 5.21. The highest BCUT2D eigenvalue weighted by Crippen LogP contribution is 2.24. The van der Waals surface area contributed by atoms with Crippen LogP contribution in [-0.4, -0.2) is 5.16 Å². The molecule has 0 radical (unpaired) electrons. The minimum absolute atomic E-state index is 0.0761. The average Bonchev–Trinajstić information content (AvgIpc) is 2.47. The Bertz CT molecular complexity index is 330. The molecule has 70 valence electrons. The summed E-state index contributed by atoms with van der Waals surface area (Å²) in [4.78, 5) is 2.69. The second kappa shape index (κ2) is 3.49. The van der Waals surface area contributed by atoms with Crippen molar-refractivity contribution in [3.63, 3.8) is 0 Å². The van der Waals surface area contributed by atoms with E-state index in [1.807, 2.05) is 20.8 Å². The van der Waals surface area contributed by atoms with Gasteiger partial charge in [0.05, 0.1) is 12.2 Å². The Morgan fingerprint density at radius 2 is 2.31 bits per heavy atom. The van der Waals surface area contributed by atoms with Gasteiger partial charge in [-0.2, -0.15) is 0 Å². The summed E-state index contributed by atoms with van der Waals surface area (Å²) in [6.45, 7) is 6.39. The molecule has 1 rings (SSSR count). The van der Waals surface area contributed by atoms with E-state index in [-0.39, 0.29) is 5.41 Å². The van der Waals surface area contributed by atoms with Crippen LogP contribution in [0.15, 0.2) is 15.9 Å². The van der Waals surface area contributed by atoms with Gasteiger partial charge in [-0.05, 0) is 5.53 Å². The van der Waals surface area contributed by atoms with Crippen molar-refractivity contribution in [1.82, 2.24) is 5.16 Å². The molecule has 0 saturated heterocycles. The zero-order valence-electron chi connectivity index (χ0n) is 7.98. The summed E-state index contributed by atoms with van der Waals surface area (Å²) in [7, 11) is 0. The van der Waals surface area contributed by atoms with Crippen molar-refractivity contribution in [2.24, 2.45) is 5.11 Å². The summed E-state index contributed by atoms with van der Waals surface area (Å²) >= 11 is 0. The van der Waals surface area contributed by atoms with Crippen LogP contribution in [0.2, 0.25) is 0 Å². The lowest BCUT2D eigenvalue weighted by Crippen LogP contribution is -2.13. The maximum absolute atomic E-state index is 8.17. The third-order valence-corrected chi connectivity index (χ3v) is 1.66. The molecule has 5 nitrogen and oxygen atoms in total. The second-order valence-corrected chi connectivity index (χ2v) is 3.83. The molecule has 0 saturated carbocycles. The predicted octanol–water partition coefficient (Wildman–Crippen LogP) is 2.78. The minimum atomic E-state index is -0.0761. The lowest BCUT2D eigenvalue weighted by molar-refractivity contribution is 0.393. The highest BCUT2D eigenvalue weighted by atomic mass is 16.5. The fraction of sp³-hybridized carbons (Fsp3) is 0.625. The van der Waals surface area contributed by atoms with Crippen LogP contribution in [-0.2, 0) is 12.0 Å². The quantitative estimate of drug-likeness (QED) is 0.398. The standard InChI is InChI=1S/C8H12N4O/c1-8(2,3)7-6(4-10-12-9)5-13-11-7/h5H,4H2,1-3H3. The van der Waals surface area contributed by atoms with E-state index in [0.29, 0.717) is 6.54 Å². The van der Waals surface area contributed by atoms with Crippen molar-refractivity contribution in [3.05, 3.63) is 28.0 Å². The number of hydrogen-bond donors (Lipinski definition) is 0. The van der Waals surface area contributed by atoms with E-state index >= 15 is 0 Å². The first-order chi connectivity index (χ1) is 6.05. The minimum Gasteiger partial charge on any atom is -0.364 e. The summed E-state index contributed by atoms with van der Waals surface area (Å²) in [5, 5.41) is 7.35. The summed E-state index contributed by atoms with van der Waals surface area (Å²) in [5.41, 5.74) is 9.79. The highest BCUT2D eigenvalue weighted by Gasteiger charge is 2.21. The molecule has 0 fully saturated rings. The SMILES string of the molecule is CC(C)(C)c1nocc1CN=[N+]=[N-]. The zero-order chi connectivity index (χ0) is 9.90. The third kappa shape index (κ3) is 2.23. The summed E-state index contributed by atoms with van der Waals surface area (Å²) < 4.78 is 4.84. The van der Waals surface area contributed by atoms with Gasteiger partial charge in [-0.15, -0.1) is 0 Å². The monoisotopic (exact) mass is 180 g/mol. The Kier molecular flexibility index (Phi) is 2.58. The average molecular weight is 180 g/mol. The van der Waals surface area contributed by atoms with E-state index in [4.69, 9.17) is 10.1 Å². The van der Waals surface area contributed by atoms with Gasteiger partial charge >= 0.3 is 0 Å². The van der Waals surface area contributed by atoms with E-state index in [2.05, 4.69) is 15.2 Å². The molecule has 0 N–H and O–H groups in total. The van der Waals surface area contributed by atoms with Crippen LogP contribution in [0.1, 0.15) is 32.0 Å². The van der Waals surface area contributed by atoms with Gasteiger partial charge in [0.2, 0.25) is 0 Å². The van der Waals surface area contributed by atoms with Gasteiger partial charge < -0.3 is 4.52 Å². The van der Waals surface area contributed by atoms with Crippen molar-refractivity contribution in [2.45, 2.75) is 32.7 Å². The van der Waals surface area contributed by atoms with Crippen LogP contribution >= 0.6 is 0 Å². The van der Waals surface area contributed by atoms with Crippen LogP contribution in [0.5, 0.6) is 0 Å². The summed E-state index contributed by atoms with van der Waals surface area (Å²) in [6, 6.07) is 0. The Hall–Kier alpha value is -1.48. The van der Waals surface area contributed by atoms with E-state index in [0.717, 1.165) is 11.3 Å². The van der Waals surface area contributed by atoms with Crippen LogP contribution in [0.25, 0.3) is 10.4 Å². The number of azide groups is 1. The summed E-state index contributed by atoms with van der Waals surface area (Å²) in [6.07, 6.45) is 1.52. The number of aromatic nitrogens is 1. The van der Waals surface area contributed by atoms with Gasteiger partial charge in [0.15, 0.2) is 0 Å². The van der Waals surface area contributed by atoms with Crippen molar-refractivity contribution >= 4 is 0 Å². The smallest absolute Gasteiger partial charge is 0.127 e. The first kappa shape index (κ1) is 9.61. The topological polar surface area (TPSA) is 74.8 Å². The number of hydrogen-bond acceptors (Lipinski definition) is 3. The summed E-state index contributed by atoms with van der Waals surface area (Å²) in [5.74, 6) is 0. The molecule has 0 aliphatic heterocycles. The predicted molar refractivity (Wildman–Crippen MR) is 48.1 cm³/mol. The first-order valence-electron chi connectivity index (χ1n) is 4.00. The Morgan fingerprint density at radius 3 is 2.85 bits per heavy atom. The van der Waals surface area contributed by atoms with Crippen LogP contribution in [0.3, 0.4) is 0 Å². The maximum Gasteiger partial charge on any atom is 0.127 e. The Morgan fingerprint density at radius 1 is 1.62 bits per heavy atom. The largest absolute Gasteiger partial charge is 0.364 e. The molecule has 0 aromatic carbocycles. The van der Waals surface area contributed by atoms with Gasteiger partial charge in [-0.25, -0.2) is 0 Å². The molecule has 1 aromatic rings. The van der Waals surface area contributed by atoms with E-state index in [1.54, 1.807) is 0 Å². The Labute approximate surface area is 76.4 Å². The maximum atomic E-state index is 8.17. The van der Waals surface area contributed by atoms with Gasteiger partial charge in [-0.1, -0.05) is 31.0 Å². The molecule has 5 heteroatoms. The molecule has 1 aromatic heterocycles. The van der Waals surface area contributed by atoms with E-state index in [9.17, 15) is 0 Å². The van der Waals surface area contributed by atoms with Gasteiger partial charge in [0.25, 0.3) is 0 Å². The van der Waals surface area contributed by atoms with Gasteiger partial charge in [0.1, 0.15) is 6.26 Å². The van der Waals surface area contributed by atoms with Crippen molar-refractivity contribution in [2.75, 3.05) is 0 Å². The third-order valence-electron chi connectivity index (χ3n) is 1.66. The number of nitrogens with zero attached hydrogens (tertiary/aromatic N) is 4. The molecular formula is C8H12N4O. The Balaban J connectivity index is 2.96. The molecule has 0 atom stereocenters. The van der Waals surface area contributed by atoms with Crippen LogP contribution < -0.4 is 0 Å². The van der Waals surface area contributed by atoms with Crippen molar-refractivity contribution in [3.8, 4) is 0 Å².